The van der Waals surface area contributed by atoms with E-state index in [1.807, 2.05) is 54.6 Å². The van der Waals surface area contributed by atoms with Crippen LogP contribution in [0.2, 0.25) is 0 Å². The first-order chi connectivity index (χ1) is 12.5. The number of hydrogen-bond donors (Lipinski definition) is 1. The maximum atomic E-state index is 10.8. The zero-order valence-corrected chi connectivity index (χ0v) is 15.6. The predicted molar refractivity (Wildman–Crippen MR) is 103 cm³/mol. The summed E-state index contributed by atoms with van der Waals surface area (Å²) in [6, 6.07) is 28.1. The lowest BCUT2D eigenvalue weighted by Crippen LogP contribution is -2.12. The Morgan fingerprint density at radius 1 is 0.769 bits per heavy atom. The number of hydrogen-bond acceptors (Lipinski definition) is 3. The van der Waals surface area contributed by atoms with Crippen molar-refractivity contribution in [3.8, 4) is 5.75 Å². The lowest BCUT2D eigenvalue weighted by atomic mass is 10.3. The van der Waals surface area contributed by atoms with Gasteiger partial charge in [-0.1, -0.05) is 42.5 Å². The molecule has 0 fully saturated rings. The van der Waals surface area contributed by atoms with E-state index in [1.54, 1.807) is 6.07 Å². The highest BCUT2D eigenvalue weighted by Gasteiger charge is 2.28. The van der Waals surface area contributed by atoms with Crippen LogP contribution in [0.15, 0.2) is 99.6 Å². The number of ether oxygens (including phenoxy) is 1. The molecular formula is C20H19O4S2+. The van der Waals surface area contributed by atoms with Crippen molar-refractivity contribution in [2.75, 3.05) is 12.4 Å². The zero-order chi connectivity index (χ0) is 18.4. The van der Waals surface area contributed by atoms with Crippen molar-refractivity contribution in [1.82, 2.24) is 0 Å². The Balaban J connectivity index is 1.91. The fourth-order valence-corrected chi connectivity index (χ4v) is 4.89. The molecule has 0 aromatic heterocycles. The molecule has 0 aliphatic carbocycles. The SMILES string of the molecule is O=S(=O)(O)CCOc1cccc([S+](c2ccccc2)c2ccccc2)c1. The van der Waals surface area contributed by atoms with Gasteiger partial charge in [-0.15, -0.1) is 0 Å². The van der Waals surface area contributed by atoms with Gasteiger partial charge in [-0.2, -0.15) is 8.42 Å². The lowest BCUT2D eigenvalue weighted by Gasteiger charge is -2.10. The molecule has 4 nitrogen and oxygen atoms in total. The summed E-state index contributed by atoms with van der Waals surface area (Å²) in [4.78, 5) is 3.45. The Labute approximate surface area is 156 Å². The second-order valence-electron chi connectivity index (χ2n) is 5.54. The van der Waals surface area contributed by atoms with E-state index in [9.17, 15) is 8.42 Å². The van der Waals surface area contributed by atoms with Gasteiger partial charge in [0.05, 0.1) is 10.9 Å². The highest BCUT2D eigenvalue weighted by Crippen LogP contribution is 2.32. The van der Waals surface area contributed by atoms with E-state index in [4.69, 9.17) is 9.29 Å². The van der Waals surface area contributed by atoms with Crippen molar-refractivity contribution in [2.24, 2.45) is 0 Å². The Bertz CT molecular complexity index is 902. The molecule has 26 heavy (non-hydrogen) atoms. The standard InChI is InChI=1S/C20H18O4S2/c21-26(22,23)15-14-24-17-8-7-13-20(16-17)25(18-9-3-1-4-10-18)19-11-5-2-6-12-19/h1-13,16H,14-15H2/p+1. The fourth-order valence-electron chi connectivity index (χ4n) is 2.48. The average Bonchev–Trinajstić information content (AvgIpc) is 2.63. The Morgan fingerprint density at radius 2 is 1.31 bits per heavy atom. The molecule has 3 aromatic carbocycles. The quantitative estimate of drug-likeness (QED) is 0.491. The zero-order valence-electron chi connectivity index (χ0n) is 14.0. The van der Waals surface area contributed by atoms with E-state index < -0.39 is 15.9 Å². The van der Waals surface area contributed by atoms with Crippen LogP contribution in [0.25, 0.3) is 0 Å². The Morgan fingerprint density at radius 3 is 1.85 bits per heavy atom. The van der Waals surface area contributed by atoms with E-state index in [2.05, 4.69) is 24.3 Å². The van der Waals surface area contributed by atoms with Crippen LogP contribution in [0.5, 0.6) is 5.75 Å². The molecule has 3 rings (SSSR count). The van der Waals surface area contributed by atoms with Crippen molar-refractivity contribution in [1.29, 1.82) is 0 Å². The molecule has 0 heterocycles. The van der Waals surface area contributed by atoms with Gasteiger partial charge in [-0.05, 0) is 36.4 Å². The third-order valence-electron chi connectivity index (χ3n) is 3.61. The summed E-state index contributed by atoms with van der Waals surface area (Å²) in [6.45, 7) is -0.0905. The minimum absolute atomic E-state index is 0.0905. The summed E-state index contributed by atoms with van der Waals surface area (Å²) in [5, 5.41) is 0. The molecule has 0 spiro atoms. The molecule has 0 saturated heterocycles. The largest absolute Gasteiger partial charge is 0.492 e. The lowest BCUT2D eigenvalue weighted by molar-refractivity contribution is 0.335. The van der Waals surface area contributed by atoms with Gasteiger partial charge >= 0.3 is 0 Å². The molecule has 0 radical (unpaired) electrons. The summed E-state index contributed by atoms with van der Waals surface area (Å²) in [6.07, 6.45) is 0. The van der Waals surface area contributed by atoms with Gasteiger partial charge in [-0.3, -0.25) is 4.55 Å². The van der Waals surface area contributed by atoms with Gasteiger partial charge in [-0.25, -0.2) is 0 Å². The molecule has 0 atom stereocenters. The molecule has 0 aliphatic heterocycles. The van der Waals surface area contributed by atoms with Crippen LogP contribution in [0.3, 0.4) is 0 Å². The van der Waals surface area contributed by atoms with Gasteiger partial charge in [0, 0.05) is 6.07 Å². The maximum absolute atomic E-state index is 10.8. The van der Waals surface area contributed by atoms with E-state index in [1.165, 1.54) is 9.79 Å². The summed E-state index contributed by atoms with van der Waals surface area (Å²) in [5.41, 5.74) is 0. The Kier molecular flexibility index (Phi) is 5.98. The highest BCUT2D eigenvalue weighted by atomic mass is 32.2. The molecule has 134 valence electrons. The van der Waals surface area contributed by atoms with Crippen LogP contribution in [0, 0.1) is 0 Å². The summed E-state index contributed by atoms with van der Waals surface area (Å²) < 4.78 is 36.0. The van der Waals surface area contributed by atoms with Crippen molar-refractivity contribution in [3.63, 3.8) is 0 Å². The van der Waals surface area contributed by atoms with Gasteiger partial charge in [0.2, 0.25) is 0 Å². The number of rotatable bonds is 7. The normalized spacial score (nSPS) is 11.5. The average molecular weight is 388 g/mol. The molecule has 0 amide bonds. The smallest absolute Gasteiger partial charge is 0.268 e. The van der Waals surface area contributed by atoms with Crippen LogP contribution in [0.1, 0.15) is 0 Å². The van der Waals surface area contributed by atoms with E-state index in [-0.39, 0.29) is 17.5 Å². The van der Waals surface area contributed by atoms with Crippen molar-refractivity contribution in [3.05, 3.63) is 84.9 Å². The molecule has 0 unspecified atom stereocenters. The van der Waals surface area contributed by atoms with Crippen molar-refractivity contribution >= 4 is 21.0 Å². The maximum Gasteiger partial charge on any atom is 0.268 e. The minimum atomic E-state index is -4.03. The van der Waals surface area contributed by atoms with E-state index >= 15 is 0 Å². The molecule has 0 saturated carbocycles. The van der Waals surface area contributed by atoms with Crippen molar-refractivity contribution in [2.45, 2.75) is 14.7 Å². The fraction of sp³-hybridized carbons (Fsp3) is 0.100. The molecular weight excluding hydrogens is 368 g/mol. The second kappa shape index (κ2) is 8.40. The monoisotopic (exact) mass is 387 g/mol. The van der Waals surface area contributed by atoms with Crippen LogP contribution in [-0.4, -0.2) is 25.3 Å². The molecule has 0 aliphatic rings. The topological polar surface area (TPSA) is 63.6 Å². The molecule has 1 N–H and O–H groups in total. The first kappa shape index (κ1) is 18.5. The third-order valence-corrected chi connectivity index (χ3v) is 6.50. The molecule has 6 heteroatoms. The van der Waals surface area contributed by atoms with Crippen LogP contribution >= 0.6 is 0 Å². The van der Waals surface area contributed by atoms with Crippen LogP contribution < -0.4 is 4.74 Å². The van der Waals surface area contributed by atoms with Gasteiger partial charge in [0.25, 0.3) is 10.1 Å². The van der Waals surface area contributed by atoms with E-state index in [0.29, 0.717) is 5.75 Å². The summed E-state index contributed by atoms with van der Waals surface area (Å²) in [7, 11) is -4.33. The van der Waals surface area contributed by atoms with Crippen LogP contribution in [0.4, 0.5) is 0 Å². The first-order valence-electron chi connectivity index (χ1n) is 8.05. The minimum Gasteiger partial charge on any atom is -0.492 e. The molecule has 0 bridgehead atoms. The van der Waals surface area contributed by atoms with Gasteiger partial charge in [0.15, 0.2) is 14.7 Å². The second-order valence-corrected chi connectivity index (χ2v) is 9.14. The predicted octanol–water partition coefficient (Wildman–Crippen LogP) is 4.05. The van der Waals surface area contributed by atoms with E-state index in [0.717, 1.165) is 4.90 Å². The van der Waals surface area contributed by atoms with Gasteiger partial charge in [0.1, 0.15) is 18.1 Å². The number of benzene rings is 3. The van der Waals surface area contributed by atoms with Crippen LogP contribution in [-0.2, 0) is 21.0 Å². The van der Waals surface area contributed by atoms with Crippen molar-refractivity contribution < 1.29 is 17.7 Å². The summed E-state index contributed by atoms with van der Waals surface area (Å²) in [5.74, 6) is 0.149. The first-order valence-corrected chi connectivity index (χ1v) is 10.9. The molecule has 3 aromatic rings. The Hall–Kier alpha value is -2.28. The van der Waals surface area contributed by atoms with Gasteiger partial charge < -0.3 is 4.74 Å². The third kappa shape index (κ3) is 5.11. The highest BCUT2D eigenvalue weighted by molar-refractivity contribution is 7.97. The summed E-state index contributed by atoms with van der Waals surface area (Å²) >= 11 is 0.